The fraction of sp³-hybridized carbons (Fsp3) is 0.500. The normalized spacial score (nSPS) is 10.3. The van der Waals surface area contributed by atoms with Crippen molar-refractivity contribution < 1.29 is 0 Å². The zero-order valence-corrected chi connectivity index (χ0v) is 9.38. The van der Waals surface area contributed by atoms with Crippen LogP contribution in [0.1, 0.15) is 24.5 Å². The van der Waals surface area contributed by atoms with Crippen molar-refractivity contribution in [1.82, 2.24) is 0 Å². The molecule has 1 aromatic rings. The second-order valence-corrected chi connectivity index (χ2v) is 3.75. The quantitative estimate of drug-likeness (QED) is 0.793. The van der Waals surface area contributed by atoms with Crippen LogP contribution >= 0.6 is 0 Å². The molecule has 1 aromatic carbocycles. The van der Waals surface area contributed by atoms with Gasteiger partial charge >= 0.3 is 0 Å². The molecular weight excluding hydrogens is 172 g/mol. The van der Waals surface area contributed by atoms with E-state index in [0.29, 0.717) is 6.54 Å². The lowest BCUT2D eigenvalue weighted by Gasteiger charge is -2.21. The molecule has 0 saturated heterocycles. The molecular formula is C12H20N2. The predicted octanol–water partition coefficient (Wildman–Crippen LogP) is 2.30. The third kappa shape index (κ3) is 2.48. The molecule has 0 aliphatic carbocycles. The summed E-state index contributed by atoms with van der Waals surface area (Å²) in [6.07, 6.45) is 1.18. The molecule has 0 aliphatic heterocycles. The second kappa shape index (κ2) is 5.01. The van der Waals surface area contributed by atoms with Gasteiger partial charge in [0.15, 0.2) is 0 Å². The van der Waals surface area contributed by atoms with Crippen LogP contribution in [0.4, 0.5) is 5.69 Å². The van der Waals surface area contributed by atoms with Gasteiger partial charge in [-0.2, -0.15) is 0 Å². The molecule has 0 heterocycles. The van der Waals surface area contributed by atoms with Crippen LogP contribution in [0.3, 0.4) is 0 Å². The summed E-state index contributed by atoms with van der Waals surface area (Å²) < 4.78 is 0. The highest BCUT2D eigenvalue weighted by Crippen LogP contribution is 2.20. The first kappa shape index (κ1) is 11.1. The molecule has 2 N–H and O–H groups in total. The van der Waals surface area contributed by atoms with Gasteiger partial charge in [-0.15, -0.1) is 0 Å². The van der Waals surface area contributed by atoms with Gasteiger partial charge in [0.2, 0.25) is 0 Å². The van der Waals surface area contributed by atoms with Gasteiger partial charge in [0.1, 0.15) is 0 Å². The van der Waals surface area contributed by atoms with Crippen LogP contribution in [0.5, 0.6) is 0 Å². The summed E-state index contributed by atoms with van der Waals surface area (Å²) in [7, 11) is 2.13. The van der Waals surface area contributed by atoms with Gasteiger partial charge in [0.05, 0.1) is 0 Å². The summed E-state index contributed by atoms with van der Waals surface area (Å²) in [6.45, 7) is 6.06. The van der Waals surface area contributed by atoms with Crippen LogP contribution in [-0.2, 0) is 6.54 Å². The van der Waals surface area contributed by atoms with Crippen LogP contribution in [0.2, 0.25) is 0 Å². The van der Waals surface area contributed by atoms with Gasteiger partial charge < -0.3 is 10.6 Å². The van der Waals surface area contributed by atoms with E-state index < -0.39 is 0 Å². The first-order valence-corrected chi connectivity index (χ1v) is 5.19. The number of aryl methyl sites for hydroxylation is 1. The Morgan fingerprint density at radius 3 is 2.57 bits per heavy atom. The van der Waals surface area contributed by atoms with E-state index in [4.69, 9.17) is 5.73 Å². The molecule has 1 rings (SSSR count). The summed E-state index contributed by atoms with van der Waals surface area (Å²) >= 11 is 0. The Kier molecular flexibility index (Phi) is 3.96. The lowest BCUT2D eigenvalue weighted by atomic mass is 10.1. The van der Waals surface area contributed by atoms with E-state index in [1.807, 2.05) is 0 Å². The Morgan fingerprint density at radius 2 is 2.07 bits per heavy atom. The van der Waals surface area contributed by atoms with E-state index in [1.54, 1.807) is 0 Å². The van der Waals surface area contributed by atoms with Gasteiger partial charge in [0, 0.05) is 25.8 Å². The van der Waals surface area contributed by atoms with Crippen LogP contribution in [-0.4, -0.2) is 13.6 Å². The van der Waals surface area contributed by atoms with Crippen molar-refractivity contribution in [2.45, 2.75) is 26.8 Å². The van der Waals surface area contributed by atoms with Crippen LogP contribution in [0.15, 0.2) is 18.2 Å². The summed E-state index contributed by atoms with van der Waals surface area (Å²) in [5, 5.41) is 0. The zero-order valence-electron chi connectivity index (χ0n) is 9.38. The molecule has 0 atom stereocenters. The van der Waals surface area contributed by atoms with E-state index >= 15 is 0 Å². The molecule has 0 bridgehead atoms. The van der Waals surface area contributed by atoms with Gasteiger partial charge in [-0.25, -0.2) is 0 Å². The van der Waals surface area contributed by atoms with Crippen molar-refractivity contribution in [3.63, 3.8) is 0 Å². The summed E-state index contributed by atoms with van der Waals surface area (Å²) in [6, 6.07) is 6.43. The fourth-order valence-electron chi connectivity index (χ4n) is 1.73. The topological polar surface area (TPSA) is 29.3 Å². The molecule has 0 fully saturated rings. The third-order valence-corrected chi connectivity index (χ3v) is 2.47. The number of benzene rings is 1. The minimum absolute atomic E-state index is 0.624. The van der Waals surface area contributed by atoms with Crippen LogP contribution < -0.4 is 10.6 Å². The standard InChI is InChI=1S/C12H20N2/c1-4-7-14(3)12-6-5-11(9-13)8-10(12)2/h5-6,8H,4,7,9,13H2,1-3H3. The minimum Gasteiger partial charge on any atom is -0.374 e. The predicted molar refractivity (Wildman–Crippen MR) is 62.6 cm³/mol. The lowest BCUT2D eigenvalue weighted by Crippen LogP contribution is -2.18. The van der Waals surface area contributed by atoms with Crippen molar-refractivity contribution >= 4 is 5.69 Å². The first-order chi connectivity index (χ1) is 6.69. The largest absolute Gasteiger partial charge is 0.374 e. The molecule has 2 heteroatoms. The molecule has 0 radical (unpaired) electrons. The number of hydrogen-bond acceptors (Lipinski definition) is 2. The van der Waals surface area contributed by atoms with E-state index in [9.17, 15) is 0 Å². The van der Waals surface area contributed by atoms with Gasteiger partial charge in [-0.3, -0.25) is 0 Å². The molecule has 0 amide bonds. The fourth-order valence-corrected chi connectivity index (χ4v) is 1.73. The van der Waals surface area contributed by atoms with E-state index in [-0.39, 0.29) is 0 Å². The molecule has 0 spiro atoms. The summed E-state index contributed by atoms with van der Waals surface area (Å²) in [4.78, 5) is 2.29. The van der Waals surface area contributed by atoms with Crippen molar-refractivity contribution in [3.8, 4) is 0 Å². The Labute approximate surface area is 86.7 Å². The highest BCUT2D eigenvalue weighted by molar-refractivity contribution is 5.53. The second-order valence-electron chi connectivity index (χ2n) is 3.75. The summed E-state index contributed by atoms with van der Waals surface area (Å²) in [5.41, 5.74) is 9.41. The SMILES string of the molecule is CCCN(C)c1ccc(CN)cc1C. The Morgan fingerprint density at radius 1 is 1.36 bits per heavy atom. The maximum Gasteiger partial charge on any atom is 0.0393 e. The van der Waals surface area contributed by atoms with Crippen molar-refractivity contribution in [2.75, 3.05) is 18.5 Å². The number of anilines is 1. The smallest absolute Gasteiger partial charge is 0.0393 e. The maximum absolute atomic E-state index is 5.59. The number of rotatable bonds is 4. The Hall–Kier alpha value is -1.02. The monoisotopic (exact) mass is 192 g/mol. The molecule has 2 nitrogen and oxygen atoms in total. The Bertz CT molecular complexity index is 294. The lowest BCUT2D eigenvalue weighted by molar-refractivity contribution is 0.848. The highest BCUT2D eigenvalue weighted by Gasteiger charge is 2.03. The average Bonchev–Trinajstić information content (AvgIpc) is 2.17. The Balaban J connectivity index is 2.88. The number of hydrogen-bond donors (Lipinski definition) is 1. The molecule has 0 aliphatic rings. The van der Waals surface area contributed by atoms with Crippen molar-refractivity contribution in [1.29, 1.82) is 0 Å². The maximum atomic E-state index is 5.59. The van der Waals surface area contributed by atoms with Gasteiger partial charge in [-0.1, -0.05) is 19.1 Å². The molecule has 0 saturated carbocycles. The zero-order chi connectivity index (χ0) is 10.6. The molecule has 14 heavy (non-hydrogen) atoms. The molecule has 78 valence electrons. The van der Waals surface area contributed by atoms with Gasteiger partial charge in [-0.05, 0) is 30.5 Å². The van der Waals surface area contributed by atoms with E-state index in [0.717, 1.165) is 6.54 Å². The first-order valence-electron chi connectivity index (χ1n) is 5.19. The third-order valence-electron chi connectivity index (χ3n) is 2.47. The van der Waals surface area contributed by atoms with E-state index in [2.05, 4.69) is 44.0 Å². The van der Waals surface area contributed by atoms with Crippen LogP contribution in [0, 0.1) is 6.92 Å². The van der Waals surface area contributed by atoms with Crippen molar-refractivity contribution in [2.24, 2.45) is 5.73 Å². The average molecular weight is 192 g/mol. The molecule has 0 unspecified atom stereocenters. The summed E-state index contributed by atoms with van der Waals surface area (Å²) in [5.74, 6) is 0. The highest BCUT2D eigenvalue weighted by atomic mass is 15.1. The van der Waals surface area contributed by atoms with Crippen molar-refractivity contribution in [3.05, 3.63) is 29.3 Å². The number of nitrogens with zero attached hydrogens (tertiary/aromatic N) is 1. The minimum atomic E-state index is 0.624. The van der Waals surface area contributed by atoms with E-state index in [1.165, 1.54) is 23.2 Å². The molecule has 0 aromatic heterocycles. The number of nitrogens with two attached hydrogens (primary N) is 1. The van der Waals surface area contributed by atoms with Gasteiger partial charge in [0.25, 0.3) is 0 Å². The van der Waals surface area contributed by atoms with Crippen LogP contribution in [0.25, 0.3) is 0 Å².